The molecule has 0 rings (SSSR count). The van der Waals surface area contributed by atoms with E-state index in [1.54, 1.807) is 0 Å². The first kappa shape index (κ1) is 10.4. The third kappa shape index (κ3) is 5.82. The second kappa shape index (κ2) is 3.69. The highest BCUT2D eigenvalue weighted by molar-refractivity contribution is 5.73. The molecule has 0 heterocycles. The summed E-state index contributed by atoms with van der Waals surface area (Å²) in [5.41, 5.74) is 4.87. The van der Waals surface area contributed by atoms with E-state index in [1.807, 2.05) is 20.8 Å². The van der Waals surface area contributed by atoms with Gasteiger partial charge in [-0.15, -0.1) is 0 Å². The molecule has 0 amide bonds. The Morgan fingerprint density at radius 3 is 2.36 bits per heavy atom. The lowest BCUT2D eigenvalue weighted by Gasteiger charge is -2.20. The molecule has 0 aliphatic heterocycles. The molecule has 3 N–H and O–H groups in total. The maximum atomic E-state index is 10.2. The molecule has 0 fully saturated rings. The van der Waals surface area contributed by atoms with E-state index in [0.29, 0.717) is 0 Å². The smallest absolute Gasteiger partial charge is 0.322 e. The summed E-state index contributed by atoms with van der Waals surface area (Å²) in [6.07, 6.45) is 0. The molecular formula is C7H15NO3. The van der Waals surface area contributed by atoms with E-state index in [1.165, 1.54) is 0 Å². The van der Waals surface area contributed by atoms with Crippen LogP contribution in [0.25, 0.3) is 0 Å². The van der Waals surface area contributed by atoms with Crippen LogP contribution in [0.3, 0.4) is 0 Å². The van der Waals surface area contributed by atoms with E-state index in [9.17, 15) is 4.79 Å². The number of carboxylic acids is 1. The van der Waals surface area contributed by atoms with Crippen molar-refractivity contribution < 1.29 is 14.6 Å². The van der Waals surface area contributed by atoms with Crippen molar-refractivity contribution in [1.82, 2.24) is 0 Å². The van der Waals surface area contributed by atoms with Crippen LogP contribution in [0.1, 0.15) is 20.8 Å². The van der Waals surface area contributed by atoms with Gasteiger partial charge in [0.2, 0.25) is 0 Å². The number of ether oxygens (including phenoxy) is 1. The lowest BCUT2D eigenvalue weighted by atomic mass is 10.2. The van der Waals surface area contributed by atoms with Crippen molar-refractivity contribution in [1.29, 1.82) is 0 Å². The number of hydrogen-bond donors (Lipinski definition) is 2. The predicted molar refractivity (Wildman–Crippen MR) is 41.3 cm³/mol. The molecule has 1 atom stereocenters. The Balaban J connectivity index is 3.63. The van der Waals surface area contributed by atoms with Crippen LogP contribution < -0.4 is 5.73 Å². The summed E-state index contributed by atoms with van der Waals surface area (Å²) in [6, 6.07) is -0.922. The van der Waals surface area contributed by atoms with Gasteiger partial charge in [-0.3, -0.25) is 4.79 Å². The minimum absolute atomic E-state index is 0.0544. The number of rotatable bonds is 3. The summed E-state index contributed by atoms with van der Waals surface area (Å²) >= 11 is 0. The zero-order chi connectivity index (χ0) is 9.07. The van der Waals surface area contributed by atoms with E-state index in [-0.39, 0.29) is 12.2 Å². The molecular weight excluding hydrogens is 146 g/mol. The van der Waals surface area contributed by atoms with Gasteiger partial charge in [-0.25, -0.2) is 0 Å². The molecule has 0 aromatic heterocycles. The van der Waals surface area contributed by atoms with Crippen LogP contribution in [-0.2, 0) is 9.53 Å². The topological polar surface area (TPSA) is 72.5 Å². The van der Waals surface area contributed by atoms with Gasteiger partial charge in [0.25, 0.3) is 0 Å². The number of aliphatic carboxylic acids is 1. The van der Waals surface area contributed by atoms with Crippen molar-refractivity contribution in [3.05, 3.63) is 0 Å². The van der Waals surface area contributed by atoms with Gasteiger partial charge in [0, 0.05) is 0 Å². The molecule has 0 aromatic rings. The number of carboxylic acid groups (broad SMARTS) is 1. The Kier molecular flexibility index (Phi) is 3.48. The first-order valence-corrected chi connectivity index (χ1v) is 3.45. The third-order valence-corrected chi connectivity index (χ3v) is 1.01. The fraction of sp³-hybridized carbons (Fsp3) is 0.857. The Labute approximate surface area is 66.3 Å². The van der Waals surface area contributed by atoms with Crippen LogP contribution >= 0.6 is 0 Å². The zero-order valence-corrected chi connectivity index (χ0v) is 7.13. The van der Waals surface area contributed by atoms with Crippen molar-refractivity contribution in [2.24, 2.45) is 5.73 Å². The maximum absolute atomic E-state index is 10.2. The van der Waals surface area contributed by atoms with Gasteiger partial charge in [0.05, 0.1) is 12.2 Å². The summed E-state index contributed by atoms with van der Waals surface area (Å²) < 4.78 is 5.15. The quantitative estimate of drug-likeness (QED) is 0.620. The van der Waals surface area contributed by atoms with Gasteiger partial charge in [0.1, 0.15) is 6.04 Å². The first-order chi connectivity index (χ1) is 4.83. The molecule has 0 aliphatic carbocycles. The zero-order valence-electron chi connectivity index (χ0n) is 7.13. The normalized spacial score (nSPS) is 14.5. The lowest BCUT2D eigenvalue weighted by Crippen LogP contribution is -2.37. The van der Waals surface area contributed by atoms with E-state index in [2.05, 4.69) is 0 Å². The van der Waals surface area contributed by atoms with Crippen LogP contribution in [0.2, 0.25) is 0 Å². The SMILES string of the molecule is CC(C)(C)OC[C@H](N)C(=O)O. The van der Waals surface area contributed by atoms with Gasteiger partial charge >= 0.3 is 5.97 Å². The summed E-state index contributed by atoms with van der Waals surface area (Å²) in [6.45, 7) is 5.60. The highest BCUT2D eigenvalue weighted by atomic mass is 16.5. The molecule has 4 nitrogen and oxygen atoms in total. The Bertz CT molecular complexity index is 139. The van der Waals surface area contributed by atoms with Crippen molar-refractivity contribution >= 4 is 5.97 Å². The Hall–Kier alpha value is -0.610. The Morgan fingerprint density at radius 2 is 2.09 bits per heavy atom. The van der Waals surface area contributed by atoms with Crippen LogP contribution in [-0.4, -0.2) is 29.3 Å². The molecule has 11 heavy (non-hydrogen) atoms. The molecule has 0 spiro atoms. The van der Waals surface area contributed by atoms with Gasteiger partial charge in [-0.05, 0) is 20.8 Å². The molecule has 0 unspecified atom stereocenters. The Morgan fingerprint density at radius 1 is 1.64 bits per heavy atom. The fourth-order valence-electron chi connectivity index (χ4n) is 0.411. The summed E-state index contributed by atoms with van der Waals surface area (Å²) in [7, 11) is 0. The van der Waals surface area contributed by atoms with Crippen molar-refractivity contribution in [3.8, 4) is 0 Å². The average Bonchev–Trinajstić information content (AvgIpc) is 1.80. The number of carbonyl (C=O) groups is 1. The monoisotopic (exact) mass is 161 g/mol. The first-order valence-electron chi connectivity index (χ1n) is 3.45. The van der Waals surface area contributed by atoms with Crippen LogP contribution in [0, 0.1) is 0 Å². The highest BCUT2D eigenvalue weighted by Gasteiger charge is 2.16. The minimum atomic E-state index is -1.03. The third-order valence-electron chi connectivity index (χ3n) is 1.01. The van der Waals surface area contributed by atoms with Gasteiger partial charge in [-0.1, -0.05) is 0 Å². The fourth-order valence-corrected chi connectivity index (χ4v) is 0.411. The molecule has 0 aliphatic rings. The standard InChI is InChI=1S/C7H15NO3/c1-7(2,3)11-4-5(8)6(9)10/h5H,4,8H2,1-3H3,(H,9,10)/t5-/m0/s1. The molecule has 0 radical (unpaired) electrons. The van der Waals surface area contributed by atoms with E-state index < -0.39 is 12.0 Å². The van der Waals surface area contributed by atoms with Gasteiger partial charge in [-0.2, -0.15) is 0 Å². The van der Waals surface area contributed by atoms with Gasteiger partial charge < -0.3 is 15.6 Å². The molecule has 66 valence electrons. The van der Waals surface area contributed by atoms with E-state index in [0.717, 1.165) is 0 Å². The highest BCUT2D eigenvalue weighted by Crippen LogP contribution is 2.06. The lowest BCUT2D eigenvalue weighted by molar-refractivity contribution is -0.141. The maximum Gasteiger partial charge on any atom is 0.322 e. The molecule has 0 aromatic carbocycles. The molecule has 0 bridgehead atoms. The largest absolute Gasteiger partial charge is 0.480 e. The second-order valence-corrected chi connectivity index (χ2v) is 3.37. The average molecular weight is 161 g/mol. The van der Waals surface area contributed by atoms with Crippen molar-refractivity contribution in [3.63, 3.8) is 0 Å². The number of nitrogens with two attached hydrogens (primary N) is 1. The van der Waals surface area contributed by atoms with Gasteiger partial charge in [0.15, 0.2) is 0 Å². The minimum Gasteiger partial charge on any atom is -0.480 e. The molecule has 4 heteroatoms. The predicted octanol–water partition coefficient (Wildman–Crippen LogP) is 0.213. The molecule has 0 saturated heterocycles. The summed E-state index contributed by atoms with van der Waals surface area (Å²) in [5, 5.41) is 8.37. The van der Waals surface area contributed by atoms with Crippen LogP contribution in [0.5, 0.6) is 0 Å². The molecule has 0 saturated carbocycles. The second-order valence-electron chi connectivity index (χ2n) is 3.37. The van der Waals surface area contributed by atoms with E-state index >= 15 is 0 Å². The van der Waals surface area contributed by atoms with Crippen molar-refractivity contribution in [2.75, 3.05) is 6.61 Å². The summed E-state index contributed by atoms with van der Waals surface area (Å²) in [4.78, 5) is 10.2. The summed E-state index contributed by atoms with van der Waals surface area (Å²) in [5.74, 6) is -1.03. The van der Waals surface area contributed by atoms with Crippen molar-refractivity contribution in [2.45, 2.75) is 32.4 Å². The van der Waals surface area contributed by atoms with Crippen LogP contribution in [0.15, 0.2) is 0 Å². The van der Waals surface area contributed by atoms with E-state index in [4.69, 9.17) is 15.6 Å². The van der Waals surface area contributed by atoms with Crippen LogP contribution in [0.4, 0.5) is 0 Å². The number of hydrogen-bond acceptors (Lipinski definition) is 3.